The zero-order chi connectivity index (χ0) is 13.1. The van der Waals surface area contributed by atoms with E-state index in [2.05, 4.69) is 26.2 Å². The number of rotatable bonds is 2. The van der Waals surface area contributed by atoms with Gasteiger partial charge in [-0.2, -0.15) is 0 Å². The van der Waals surface area contributed by atoms with Gasteiger partial charge in [0.05, 0.1) is 16.4 Å². The number of aromatic nitrogens is 1. The number of pyridine rings is 1. The van der Waals surface area contributed by atoms with Crippen LogP contribution in [0.2, 0.25) is 5.15 Å². The van der Waals surface area contributed by atoms with Crippen LogP contribution >= 0.6 is 27.5 Å². The second-order valence-electron chi connectivity index (χ2n) is 3.58. The van der Waals surface area contributed by atoms with Gasteiger partial charge in [-0.15, -0.1) is 0 Å². The molecule has 0 atom stereocenters. The Labute approximate surface area is 117 Å². The van der Waals surface area contributed by atoms with Gasteiger partial charge in [-0.25, -0.2) is 4.98 Å². The van der Waals surface area contributed by atoms with Crippen molar-refractivity contribution in [2.45, 2.75) is 0 Å². The summed E-state index contributed by atoms with van der Waals surface area (Å²) in [5.74, 6) is -0.252. The van der Waals surface area contributed by atoms with Crippen LogP contribution in [0.25, 0.3) is 0 Å². The molecule has 4 nitrogen and oxygen atoms in total. The molecule has 2 aromatic rings. The average molecular weight is 327 g/mol. The van der Waals surface area contributed by atoms with E-state index < -0.39 is 0 Å². The van der Waals surface area contributed by atoms with Crippen LogP contribution < -0.4 is 11.1 Å². The lowest BCUT2D eigenvalue weighted by molar-refractivity contribution is 0.102. The summed E-state index contributed by atoms with van der Waals surface area (Å²) < 4.78 is 0.620. The minimum Gasteiger partial charge on any atom is -0.399 e. The van der Waals surface area contributed by atoms with Crippen molar-refractivity contribution in [3.05, 3.63) is 51.7 Å². The van der Waals surface area contributed by atoms with Gasteiger partial charge in [0, 0.05) is 11.3 Å². The van der Waals surface area contributed by atoms with Gasteiger partial charge in [0.15, 0.2) is 0 Å². The van der Waals surface area contributed by atoms with Crippen LogP contribution in [-0.4, -0.2) is 10.9 Å². The lowest BCUT2D eigenvalue weighted by Gasteiger charge is -2.06. The molecule has 0 spiro atoms. The Kier molecular flexibility index (Phi) is 3.84. The van der Waals surface area contributed by atoms with Crippen molar-refractivity contribution < 1.29 is 4.79 Å². The summed E-state index contributed by atoms with van der Waals surface area (Å²) in [5, 5.41) is 3.05. The lowest BCUT2D eigenvalue weighted by Crippen LogP contribution is -2.12. The van der Waals surface area contributed by atoms with E-state index in [0.717, 1.165) is 0 Å². The predicted octanol–water partition coefficient (Wildman–Crippen LogP) is 3.33. The fraction of sp³-hybridized carbons (Fsp3) is 0. The highest BCUT2D eigenvalue weighted by atomic mass is 79.9. The average Bonchev–Trinajstić information content (AvgIpc) is 2.34. The molecule has 0 radical (unpaired) electrons. The molecule has 0 fully saturated rings. The summed E-state index contributed by atoms with van der Waals surface area (Å²) in [7, 11) is 0. The number of benzene rings is 1. The second-order valence-corrected chi connectivity index (χ2v) is 4.79. The van der Waals surface area contributed by atoms with Crippen molar-refractivity contribution in [3.63, 3.8) is 0 Å². The molecule has 1 heterocycles. The smallest absolute Gasteiger partial charge is 0.255 e. The molecule has 18 heavy (non-hydrogen) atoms. The first-order valence-electron chi connectivity index (χ1n) is 5.04. The summed E-state index contributed by atoms with van der Waals surface area (Å²) in [4.78, 5) is 15.8. The Hall–Kier alpha value is -1.59. The number of hydrogen-bond acceptors (Lipinski definition) is 3. The summed E-state index contributed by atoms with van der Waals surface area (Å²) in [5.41, 5.74) is 7.20. The van der Waals surface area contributed by atoms with Crippen LogP contribution in [0.3, 0.4) is 0 Å². The van der Waals surface area contributed by atoms with E-state index in [1.165, 1.54) is 6.20 Å². The molecule has 0 bridgehead atoms. The zero-order valence-corrected chi connectivity index (χ0v) is 11.5. The van der Waals surface area contributed by atoms with Gasteiger partial charge in [0.25, 0.3) is 5.91 Å². The van der Waals surface area contributed by atoms with Crippen molar-refractivity contribution in [1.29, 1.82) is 0 Å². The second kappa shape index (κ2) is 5.37. The largest absolute Gasteiger partial charge is 0.399 e. The molecule has 6 heteroatoms. The molecule has 3 N–H and O–H groups in total. The minimum absolute atomic E-state index is 0.252. The van der Waals surface area contributed by atoms with E-state index in [-0.39, 0.29) is 5.91 Å². The maximum Gasteiger partial charge on any atom is 0.255 e. The number of carbonyl (C=O) groups is 1. The number of nitrogens with two attached hydrogens (primary N) is 1. The molecular weight excluding hydrogens is 318 g/mol. The van der Waals surface area contributed by atoms with Gasteiger partial charge >= 0.3 is 0 Å². The topological polar surface area (TPSA) is 68.0 Å². The highest BCUT2D eigenvalue weighted by Gasteiger charge is 2.07. The van der Waals surface area contributed by atoms with Crippen molar-refractivity contribution in [1.82, 2.24) is 4.98 Å². The number of nitrogens with one attached hydrogen (secondary N) is 1. The summed E-state index contributed by atoms with van der Waals surface area (Å²) in [6, 6.07) is 8.41. The molecule has 0 aliphatic heterocycles. The maximum absolute atomic E-state index is 11.9. The highest BCUT2D eigenvalue weighted by molar-refractivity contribution is 9.10. The number of amides is 1. The molecule has 0 saturated carbocycles. The fourth-order valence-electron chi connectivity index (χ4n) is 1.37. The Morgan fingerprint density at radius 3 is 2.83 bits per heavy atom. The molecule has 0 aliphatic rings. The van der Waals surface area contributed by atoms with E-state index in [9.17, 15) is 4.79 Å². The Bertz CT molecular complexity index is 604. The molecule has 0 aliphatic carbocycles. The molecule has 1 aromatic heterocycles. The number of nitrogen functional groups attached to an aromatic ring is 1. The van der Waals surface area contributed by atoms with Gasteiger partial charge in [-0.3, -0.25) is 4.79 Å². The van der Waals surface area contributed by atoms with Crippen LogP contribution in [0, 0.1) is 0 Å². The van der Waals surface area contributed by atoms with Crippen LogP contribution in [0.15, 0.2) is 41.0 Å². The van der Waals surface area contributed by atoms with E-state index in [4.69, 9.17) is 17.3 Å². The van der Waals surface area contributed by atoms with Gasteiger partial charge in [0.1, 0.15) is 5.15 Å². The maximum atomic E-state index is 11.9. The molecule has 1 aromatic carbocycles. The predicted molar refractivity (Wildman–Crippen MR) is 75.8 cm³/mol. The first-order valence-corrected chi connectivity index (χ1v) is 6.21. The standard InChI is InChI=1S/C12H9BrClN3O/c13-10-5-9(6-16-11(10)14)17-12(18)7-2-1-3-8(15)4-7/h1-6H,15H2,(H,17,18). The van der Waals surface area contributed by atoms with Gasteiger partial charge in [0.2, 0.25) is 0 Å². The third-order valence-corrected chi connectivity index (χ3v) is 3.34. The third-order valence-electron chi connectivity index (χ3n) is 2.20. The van der Waals surface area contributed by atoms with Gasteiger partial charge in [-0.1, -0.05) is 17.7 Å². The summed E-state index contributed by atoms with van der Waals surface area (Å²) >= 11 is 9.01. The number of carbonyl (C=O) groups excluding carboxylic acids is 1. The number of nitrogens with zero attached hydrogens (tertiary/aromatic N) is 1. The quantitative estimate of drug-likeness (QED) is 0.657. The first-order chi connectivity index (χ1) is 8.56. The molecule has 0 unspecified atom stereocenters. The SMILES string of the molecule is Nc1cccc(C(=O)Nc2cnc(Cl)c(Br)c2)c1. The third kappa shape index (κ3) is 3.00. The fourth-order valence-corrected chi connectivity index (χ4v) is 1.83. The number of halogens is 2. The molecule has 2 rings (SSSR count). The normalized spacial score (nSPS) is 10.1. The molecule has 1 amide bonds. The number of anilines is 2. The van der Waals surface area contributed by atoms with Crippen LogP contribution in [0.1, 0.15) is 10.4 Å². The summed E-state index contributed by atoms with van der Waals surface area (Å²) in [6.07, 6.45) is 1.48. The first kappa shape index (κ1) is 12.9. The van der Waals surface area contributed by atoms with Crippen LogP contribution in [-0.2, 0) is 0 Å². The minimum atomic E-state index is -0.252. The van der Waals surface area contributed by atoms with Crippen LogP contribution in [0.4, 0.5) is 11.4 Å². The van der Waals surface area contributed by atoms with Gasteiger partial charge < -0.3 is 11.1 Å². The van der Waals surface area contributed by atoms with Crippen molar-refractivity contribution in [2.75, 3.05) is 11.1 Å². The Morgan fingerprint density at radius 2 is 2.17 bits per heavy atom. The van der Waals surface area contributed by atoms with E-state index in [1.807, 2.05) is 0 Å². The zero-order valence-electron chi connectivity index (χ0n) is 9.15. The molecule has 92 valence electrons. The van der Waals surface area contributed by atoms with Crippen LogP contribution in [0.5, 0.6) is 0 Å². The molecular formula is C12H9BrClN3O. The Morgan fingerprint density at radius 1 is 1.39 bits per heavy atom. The van der Waals surface area contributed by atoms with Crippen molar-refractivity contribution in [2.24, 2.45) is 0 Å². The molecule has 0 saturated heterocycles. The van der Waals surface area contributed by atoms with E-state index >= 15 is 0 Å². The summed E-state index contributed by atoms with van der Waals surface area (Å²) in [6.45, 7) is 0. The monoisotopic (exact) mass is 325 g/mol. The van der Waals surface area contributed by atoms with Gasteiger partial charge in [-0.05, 0) is 40.2 Å². The highest BCUT2D eigenvalue weighted by Crippen LogP contribution is 2.23. The number of hydrogen-bond donors (Lipinski definition) is 2. The van der Waals surface area contributed by atoms with E-state index in [1.54, 1.807) is 30.3 Å². The lowest BCUT2D eigenvalue weighted by atomic mass is 10.2. The van der Waals surface area contributed by atoms with Crippen molar-refractivity contribution >= 4 is 44.8 Å². The van der Waals surface area contributed by atoms with Crippen molar-refractivity contribution in [3.8, 4) is 0 Å². The van der Waals surface area contributed by atoms with E-state index in [0.29, 0.717) is 26.6 Å². The Balaban J connectivity index is 2.18.